The van der Waals surface area contributed by atoms with Gasteiger partial charge in [-0.1, -0.05) is 24.3 Å². The minimum atomic E-state index is -0.200. The predicted molar refractivity (Wildman–Crippen MR) is 108 cm³/mol. The van der Waals surface area contributed by atoms with Gasteiger partial charge in [0.1, 0.15) is 11.4 Å². The minimum Gasteiger partial charge on any atom is -0.497 e. The monoisotopic (exact) mass is 372 g/mol. The number of nitrogens with one attached hydrogen (secondary N) is 1. The SMILES string of the molecule is COc1cccc(-c2ccc(CNC(=O)c3ccn(C)n3)c3cnccc23)c1. The Hall–Kier alpha value is -3.67. The number of carbonyl (C=O) groups excluding carboxylic acids is 1. The summed E-state index contributed by atoms with van der Waals surface area (Å²) in [5.74, 6) is 0.612. The number of carbonyl (C=O) groups is 1. The van der Waals surface area contributed by atoms with Gasteiger partial charge in [0.15, 0.2) is 0 Å². The van der Waals surface area contributed by atoms with Gasteiger partial charge in [-0.2, -0.15) is 5.10 Å². The number of aryl methyl sites for hydroxylation is 1. The molecule has 1 N–H and O–H groups in total. The Kier molecular flexibility index (Phi) is 4.76. The third-order valence-electron chi connectivity index (χ3n) is 4.67. The average Bonchev–Trinajstić information content (AvgIpc) is 3.18. The summed E-state index contributed by atoms with van der Waals surface area (Å²) in [6.45, 7) is 0.399. The first-order chi connectivity index (χ1) is 13.7. The van der Waals surface area contributed by atoms with E-state index in [9.17, 15) is 4.79 Å². The Morgan fingerprint density at radius 1 is 1.14 bits per heavy atom. The van der Waals surface area contributed by atoms with Gasteiger partial charge in [-0.15, -0.1) is 0 Å². The number of aromatic nitrogens is 3. The quantitative estimate of drug-likeness (QED) is 0.581. The first-order valence-corrected chi connectivity index (χ1v) is 8.93. The zero-order valence-corrected chi connectivity index (χ0v) is 15.7. The average molecular weight is 372 g/mol. The van der Waals surface area contributed by atoms with Crippen LogP contribution < -0.4 is 10.1 Å². The van der Waals surface area contributed by atoms with E-state index in [-0.39, 0.29) is 5.91 Å². The minimum absolute atomic E-state index is 0.200. The number of hydrogen-bond donors (Lipinski definition) is 1. The van der Waals surface area contributed by atoms with Gasteiger partial charge in [0.25, 0.3) is 5.91 Å². The fraction of sp³-hybridized carbons (Fsp3) is 0.136. The number of amides is 1. The second-order valence-electron chi connectivity index (χ2n) is 6.48. The van der Waals surface area contributed by atoms with Crippen molar-refractivity contribution >= 4 is 16.7 Å². The van der Waals surface area contributed by atoms with E-state index in [4.69, 9.17) is 4.74 Å². The van der Waals surface area contributed by atoms with Gasteiger partial charge in [-0.3, -0.25) is 14.5 Å². The summed E-state index contributed by atoms with van der Waals surface area (Å²) in [5, 5.41) is 9.15. The van der Waals surface area contributed by atoms with Crippen molar-refractivity contribution < 1.29 is 9.53 Å². The Bertz CT molecular complexity index is 1150. The molecule has 0 saturated carbocycles. The summed E-state index contributed by atoms with van der Waals surface area (Å²) in [6, 6.07) is 15.8. The molecule has 0 spiro atoms. The van der Waals surface area contributed by atoms with Crippen molar-refractivity contribution in [1.29, 1.82) is 0 Å². The Morgan fingerprint density at radius 3 is 2.82 bits per heavy atom. The third-order valence-corrected chi connectivity index (χ3v) is 4.67. The molecule has 6 nitrogen and oxygen atoms in total. The summed E-state index contributed by atoms with van der Waals surface area (Å²) < 4.78 is 6.96. The standard InChI is InChI=1S/C22H20N4O2/c1-26-11-9-21(25-26)22(27)24-13-16-6-7-18(19-8-10-23-14-20(16)19)15-4-3-5-17(12-15)28-2/h3-12,14H,13H2,1-2H3,(H,24,27). The molecule has 4 rings (SSSR count). The van der Waals surface area contributed by atoms with Gasteiger partial charge in [0.2, 0.25) is 0 Å². The number of ether oxygens (including phenoxy) is 1. The summed E-state index contributed by atoms with van der Waals surface area (Å²) in [5.41, 5.74) is 3.56. The molecule has 0 bridgehead atoms. The molecule has 2 aromatic carbocycles. The van der Waals surface area contributed by atoms with Crippen LogP contribution in [-0.2, 0) is 13.6 Å². The molecule has 0 unspecified atom stereocenters. The summed E-state index contributed by atoms with van der Waals surface area (Å²) in [7, 11) is 3.45. The number of rotatable bonds is 5. The first-order valence-electron chi connectivity index (χ1n) is 8.93. The molecule has 140 valence electrons. The normalized spacial score (nSPS) is 10.8. The number of nitrogens with zero attached hydrogens (tertiary/aromatic N) is 3. The highest BCUT2D eigenvalue weighted by Crippen LogP contribution is 2.32. The Balaban J connectivity index is 1.66. The maximum absolute atomic E-state index is 12.3. The maximum atomic E-state index is 12.3. The van der Waals surface area contributed by atoms with Crippen molar-refractivity contribution in [3.63, 3.8) is 0 Å². The molecule has 0 atom stereocenters. The molecule has 1 amide bonds. The van der Waals surface area contributed by atoms with E-state index in [1.807, 2.05) is 36.5 Å². The highest BCUT2D eigenvalue weighted by Gasteiger charge is 2.12. The topological polar surface area (TPSA) is 69.0 Å². The van der Waals surface area contributed by atoms with Gasteiger partial charge in [0.05, 0.1) is 7.11 Å². The van der Waals surface area contributed by atoms with Gasteiger partial charge < -0.3 is 10.1 Å². The van der Waals surface area contributed by atoms with Crippen LogP contribution in [0.2, 0.25) is 0 Å². The van der Waals surface area contributed by atoms with Crippen molar-refractivity contribution in [3.8, 4) is 16.9 Å². The second-order valence-corrected chi connectivity index (χ2v) is 6.48. The van der Waals surface area contributed by atoms with Crippen LogP contribution in [0.5, 0.6) is 5.75 Å². The van der Waals surface area contributed by atoms with Crippen LogP contribution in [0.1, 0.15) is 16.1 Å². The van der Waals surface area contributed by atoms with E-state index < -0.39 is 0 Å². The molecule has 4 aromatic rings. The molecule has 0 radical (unpaired) electrons. The van der Waals surface area contributed by atoms with Crippen LogP contribution in [-0.4, -0.2) is 27.8 Å². The van der Waals surface area contributed by atoms with Crippen LogP contribution >= 0.6 is 0 Å². The Labute approximate surface area is 162 Å². The van der Waals surface area contributed by atoms with Gasteiger partial charge >= 0.3 is 0 Å². The van der Waals surface area contributed by atoms with E-state index in [2.05, 4.69) is 27.5 Å². The lowest BCUT2D eigenvalue weighted by Crippen LogP contribution is -2.23. The summed E-state index contributed by atoms with van der Waals surface area (Å²) in [6.07, 6.45) is 5.36. The third kappa shape index (κ3) is 3.44. The smallest absolute Gasteiger partial charge is 0.272 e. The van der Waals surface area contributed by atoms with Crippen molar-refractivity contribution in [2.24, 2.45) is 7.05 Å². The predicted octanol–water partition coefficient (Wildman–Crippen LogP) is 3.57. The molecule has 0 aliphatic heterocycles. The van der Waals surface area contributed by atoms with Crippen molar-refractivity contribution in [2.75, 3.05) is 7.11 Å². The van der Waals surface area contributed by atoms with E-state index in [0.29, 0.717) is 12.2 Å². The lowest BCUT2D eigenvalue weighted by molar-refractivity contribution is 0.0945. The van der Waals surface area contributed by atoms with Gasteiger partial charge in [-0.25, -0.2) is 0 Å². The zero-order chi connectivity index (χ0) is 19.5. The molecular weight excluding hydrogens is 352 g/mol. The number of fused-ring (bicyclic) bond motifs is 1. The molecule has 2 heterocycles. The molecule has 2 aromatic heterocycles. The van der Waals surface area contributed by atoms with Crippen molar-refractivity contribution in [1.82, 2.24) is 20.1 Å². The number of pyridine rings is 1. The van der Waals surface area contributed by atoms with Crippen molar-refractivity contribution in [3.05, 3.63) is 78.4 Å². The van der Waals surface area contributed by atoms with Crippen LogP contribution in [0.15, 0.2) is 67.1 Å². The lowest BCUT2D eigenvalue weighted by Gasteiger charge is -2.12. The van der Waals surface area contributed by atoms with Gasteiger partial charge in [0, 0.05) is 37.6 Å². The number of benzene rings is 2. The van der Waals surface area contributed by atoms with Crippen molar-refractivity contribution in [2.45, 2.75) is 6.54 Å². The van der Waals surface area contributed by atoms with E-state index in [1.165, 1.54) is 0 Å². The van der Waals surface area contributed by atoms with Crippen LogP contribution in [0.25, 0.3) is 21.9 Å². The van der Waals surface area contributed by atoms with Crippen LogP contribution in [0.4, 0.5) is 0 Å². The van der Waals surface area contributed by atoms with Gasteiger partial charge in [-0.05, 0) is 46.3 Å². The van der Waals surface area contributed by atoms with E-state index in [0.717, 1.165) is 33.2 Å². The van der Waals surface area contributed by atoms with E-state index in [1.54, 1.807) is 37.3 Å². The largest absolute Gasteiger partial charge is 0.497 e. The lowest BCUT2D eigenvalue weighted by atomic mass is 9.96. The molecule has 0 saturated heterocycles. The summed E-state index contributed by atoms with van der Waals surface area (Å²) in [4.78, 5) is 16.6. The fourth-order valence-electron chi connectivity index (χ4n) is 3.25. The van der Waals surface area contributed by atoms with E-state index >= 15 is 0 Å². The molecular formula is C22H20N4O2. The number of hydrogen-bond acceptors (Lipinski definition) is 4. The Morgan fingerprint density at radius 2 is 2.04 bits per heavy atom. The molecule has 6 heteroatoms. The second kappa shape index (κ2) is 7.52. The first kappa shape index (κ1) is 17.7. The summed E-state index contributed by atoms with van der Waals surface area (Å²) >= 11 is 0. The zero-order valence-electron chi connectivity index (χ0n) is 15.7. The van der Waals surface area contributed by atoms with Crippen LogP contribution in [0, 0.1) is 0 Å². The molecule has 0 aliphatic rings. The molecule has 0 aliphatic carbocycles. The molecule has 28 heavy (non-hydrogen) atoms. The molecule has 0 fully saturated rings. The highest BCUT2D eigenvalue weighted by molar-refractivity contribution is 5.98. The van der Waals surface area contributed by atoms with Crippen LogP contribution in [0.3, 0.4) is 0 Å². The fourth-order valence-corrected chi connectivity index (χ4v) is 3.25. The number of methoxy groups -OCH3 is 1. The highest BCUT2D eigenvalue weighted by atomic mass is 16.5. The maximum Gasteiger partial charge on any atom is 0.272 e.